The zero-order valence-electron chi connectivity index (χ0n) is 14.3. The Bertz CT molecular complexity index is 629. The first-order valence-corrected chi connectivity index (χ1v) is 8.31. The maximum Gasteiger partial charge on any atom is 0.416 e. The third kappa shape index (κ3) is 5.70. The summed E-state index contributed by atoms with van der Waals surface area (Å²) in [5, 5.41) is 0.120. The van der Waals surface area contributed by atoms with E-state index in [1.807, 2.05) is 0 Å². The SMILES string of the molecule is CC(C)(C)OC(=O)N1CCC(COc2cc(C(F)(F)F)ccc2Cl)C1. The molecule has 0 bridgehead atoms. The van der Waals surface area contributed by atoms with Crippen LogP contribution >= 0.6 is 11.6 Å². The molecule has 1 fully saturated rings. The minimum atomic E-state index is -4.45. The molecule has 0 N–H and O–H groups in total. The summed E-state index contributed by atoms with van der Waals surface area (Å²) >= 11 is 5.91. The summed E-state index contributed by atoms with van der Waals surface area (Å²) in [5.41, 5.74) is -1.38. The number of hydrogen-bond acceptors (Lipinski definition) is 3. The van der Waals surface area contributed by atoms with Gasteiger partial charge in [0.25, 0.3) is 0 Å². The molecule has 1 aliphatic rings. The van der Waals surface area contributed by atoms with Gasteiger partial charge in [-0.05, 0) is 45.4 Å². The van der Waals surface area contributed by atoms with Gasteiger partial charge in [-0.1, -0.05) is 11.6 Å². The zero-order valence-corrected chi connectivity index (χ0v) is 15.1. The van der Waals surface area contributed by atoms with E-state index in [9.17, 15) is 18.0 Å². The molecule has 0 aromatic heterocycles. The Kier molecular flexibility index (Phi) is 5.76. The molecule has 2 rings (SSSR count). The molecule has 1 atom stereocenters. The van der Waals surface area contributed by atoms with Crippen molar-refractivity contribution >= 4 is 17.7 Å². The topological polar surface area (TPSA) is 38.8 Å². The van der Waals surface area contributed by atoms with Gasteiger partial charge in [-0.25, -0.2) is 4.79 Å². The predicted octanol–water partition coefficient (Wildman–Crippen LogP) is 4.99. The van der Waals surface area contributed by atoms with Gasteiger partial charge >= 0.3 is 12.3 Å². The van der Waals surface area contributed by atoms with Crippen LogP contribution in [0.15, 0.2) is 18.2 Å². The highest BCUT2D eigenvalue weighted by Gasteiger charge is 2.32. The lowest BCUT2D eigenvalue weighted by molar-refractivity contribution is -0.137. The highest BCUT2D eigenvalue weighted by Crippen LogP contribution is 2.35. The highest BCUT2D eigenvalue weighted by atomic mass is 35.5. The van der Waals surface area contributed by atoms with Crippen LogP contribution in [0.25, 0.3) is 0 Å². The van der Waals surface area contributed by atoms with E-state index in [1.54, 1.807) is 25.7 Å². The standard InChI is InChI=1S/C17H21ClF3NO3/c1-16(2,3)25-15(23)22-7-6-11(9-22)10-24-14-8-12(17(19,20)21)4-5-13(14)18/h4-5,8,11H,6-7,9-10H2,1-3H3. The van der Waals surface area contributed by atoms with Crippen molar-refractivity contribution in [3.63, 3.8) is 0 Å². The number of halogens is 4. The zero-order chi connectivity index (χ0) is 18.8. The van der Waals surface area contributed by atoms with Crippen molar-refractivity contribution in [3.8, 4) is 5.75 Å². The number of likely N-dealkylation sites (tertiary alicyclic amines) is 1. The molecule has 1 aliphatic heterocycles. The molecule has 0 radical (unpaired) electrons. The van der Waals surface area contributed by atoms with Crippen molar-refractivity contribution in [2.45, 2.75) is 39.0 Å². The fourth-order valence-electron chi connectivity index (χ4n) is 2.46. The summed E-state index contributed by atoms with van der Waals surface area (Å²) < 4.78 is 49.1. The number of amides is 1. The first-order chi connectivity index (χ1) is 11.5. The third-order valence-corrected chi connectivity index (χ3v) is 3.98. The van der Waals surface area contributed by atoms with E-state index >= 15 is 0 Å². The molecule has 1 amide bonds. The van der Waals surface area contributed by atoms with Gasteiger partial charge in [0.2, 0.25) is 0 Å². The molecule has 25 heavy (non-hydrogen) atoms. The first-order valence-electron chi connectivity index (χ1n) is 7.93. The van der Waals surface area contributed by atoms with Crippen LogP contribution in [-0.4, -0.2) is 36.3 Å². The average Bonchev–Trinajstić information content (AvgIpc) is 2.92. The maximum absolute atomic E-state index is 12.8. The van der Waals surface area contributed by atoms with Crippen LogP contribution in [0.2, 0.25) is 5.02 Å². The molecule has 1 heterocycles. The van der Waals surface area contributed by atoms with Gasteiger partial charge in [-0.2, -0.15) is 13.2 Å². The molecule has 0 spiro atoms. The quantitative estimate of drug-likeness (QED) is 0.742. The Balaban J connectivity index is 1.92. The van der Waals surface area contributed by atoms with Crippen molar-refractivity contribution in [3.05, 3.63) is 28.8 Å². The summed E-state index contributed by atoms with van der Waals surface area (Å²) in [7, 11) is 0. The Labute approximate surface area is 149 Å². The predicted molar refractivity (Wildman–Crippen MR) is 87.9 cm³/mol. The van der Waals surface area contributed by atoms with E-state index in [0.717, 1.165) is 12.1 Å². The number of carbonyl (C=O) groups excluding carboxylic acids is 1. The summed E-state index contributed by atoms with van der Waals surface area (Å²) in [4.78, 5) is 13.6. The summed E-state index contributed by atoms with van der Waals surface area (Å²) in [6, 6.07) is 2.97. The van der Waals surface area contributed by atoms with Crippen LogP contribution in [0, 0.1) is 5.92 Å². The lowest BCUT2D eigenvalue weighted by atomic mass is 10.1. The van der Waals surface area contributed by atoms with E-state index < -0.39 is 23.4 Å². The number of alkyl halides is 3. The van der Waals surface area contributed by atoms with Crippen molar-refractivity contribution in [2.24, 2.45) is 5.92 Å². The number of rotatable bonds is 3. The Morgan fingerprint density at radius 2 is 2.00 bits per heavy atom. The molecule has 0 aliphatic carbocycles. The van der Waals surface area contributed by atoms with E-state index in [2.05, 4.69) is 0 Å². The fraction of sp³-hybridized carbons (Fsp3) is 0.588. The number of ether oxygens (including phenoxy) is 2. The van der Waals surface area contributed by atoms with Crippen molar-refractivity contribution in [1.29, 1.82) is 0 Å². The number of benzene rings is 1. The normalized spacial score (nSPS) is 18.4. The van der Waals surface area contributed by atoms with E-state index in [-0.39, 0.29) is 23.3 Å². The Morgan fingerprint density at radius 3 is 2.60 bits per heavy atom. The largest absolute Gasteiger partial charge is 0.492 e. The van der Waals surface area contributed by atoms with E-state index in [0.29, 0.717) is 19.5 Å². The van der Waals surface area contributed by atoms with Gasteiger partial charge in [0.1, 0.15) is 11.4 Å². The van der Waals surface area contributed by atoms with Crippen molar-refractivity contribution in [2.75, 3.05) is 19.7 Å². The Hall–Kier alpha value is -1.63. The maximum atomic E-state index is 12.8. The number of nitrogens with zero attached hydrogens (tertiary/aromatic N) is 1. The average molecular weight is 380 g/mol. The minimum absolute atomic E-state index is 0.00721. The molecular weight excluding hydrogens is 359 g/mol. The lowest BCUT2D eigenvalue weighted by Crippen LogP contribution is -2.35. The molecule has 140 valence electrons. The molecule has 0 saturated carbocycles. The smallest absolute Gasteiger partial charge is 0.416 e. The first kappa shape index (κ1) is 19.7. The monoisotopic (exact) mass is 379 g/mol. The van der Waals surface area contributed by atoms with Gasteiger partial charge in [-0.15, -0.1) is 0 Å². The second-order valence-electron chi connectivity index (χ2n) is 7.04. The third-order valence-electron chi connectivity index (χ3n) is 3.67. The number of hydrogen-bond donors (Lipinski definition) is 0. The van der Waals surface area contributed by atoms with Crippen molar-refractivity contribution < 1.29 is 27.4 Å². The van der Waals surface area contributed by atoms with E-state index in [4.69, 9.17) is 21.1 Å². The van der Waals surface area contributed by atoms with Gasteiger partial charge in [-0.3, -0.25) is 0 Å². The van der Waals surface area contributed by atoms with Gasteiger partial charge in [0, 0.05) is 19.0 Å². The van der Waals surface area contributed by atoms with Crippen LogP contribution in [0.4, 0.5) is 18.0 Å². The minimum Gasteiger partial charge on any atom is -0.492 e. The van der Waals surface area contributed by atoms with Crippen molar-refractivity contribution in [1.82, 2.24) is 4.90 Å². The summed E-state index contributed by atoms with van der Waals surface area (Å²) in [6.45, 7) is 6.51. The van der Waals surface area contributed by atoms with Gasteiger partial charge < -0.3 is 14.4 Å². The molecule has 4 nitrogen and oxygen atoms in total. The van der Waals surface area contributed by atoms with E-state index in [1.165, 1.54) is 6.07 Å². The molecule has 1 saturated heterocycles. The summed E-state index contributed by atoms with van der Waals surface area (Å²) in [6.07, 6.45) is -4.16. The Morgan fingerprint density at radius 1 is 1.32 bits per heavy atom. The van der Waals surface area contributed by atoms with Crippen LogP contribution in [0.5, 0.6) is 5.75 Å². The van der Waals surface area contributed by atoms with Crippen LogP contribution in [0.1, 0.15) is 32.8 Å². The van der Waals surface area contributed by atoms with Gasteiger partial charge in [0.15, 0.2) is 0 Å². The fourth-order valence-corrected chi connectivity index (χ4v) is 2.63. The number of carbonyl (C=O) groups is 1. The lowest BCUT2D eigenvalue weighted by Gasteiger charge is -2.24. The molecule has 8 heteroatoms. The molecule has 1 unspecified atom stereocenters. The van der Waals surface area contributed by atoms with Crippen LogP contribution in [-0.2, 0) is 10.9 Å². The van der Waals surface area contributed by atoms with Gasteiger partial charge in [0.05, 0.1) is 17.2 Å². The van der Waals surface area contributed by atoms with Crippen LogP contribution in [0.3, 0.4) is 0 Å². The molecule has 1 aromatic rings. The molecular formula is C17H21ClF3NO3. The van der Waals surface area contributed by atoms with Crippen LogP contribution < -0.4 is 4.74 Å². The highest BCUT2D eigenvalue weighted by molar-refractivity contribution is 6.32. The molecule has 1 aromatic carbocycles. The second kappa shape index (κ2) is 7.32. The summed E-state index contributed by atoms with van der Waals surface area (Å²) in [5.74, 6) is 0.00494. The second-order valence-corrected chi connectivity index (χ2v) is 7.44.